The van der Waals surface area contributed by atoms with Gasteiger partial charge in [-0.15, -0.1) is 0 Å². The summed E-state index contributed by atoms with van der Waals surface area (Å²) in [6, 6.07) is 12.7. The predicted octanol–water partition coefficient (Wildman–Crippen LogP) is 7.17. The molecule has 0 aliphatic carbocycles. The van der Waals surface area contributed by atoms with Gasteiger partial charge in [-0.25, -0.2) is 9.97 Å². The molecule has 0 radical (unpaired) electrons. The Hall–Kier alpha value is -2.62. The lowest BCUT2D eigenvalue weighted by Crippen LogP contribution is -1.93. The third-order valence-corrected chi connectivity index (χ3v) is 4.36. The first-order chi connectivity index (χ1) is 14.1. The van der Waals surface area contributed by atoms with Gasteiger partial charge < -0.3 is 9.13 Å². The molecule has 4 aromatic rings. The normalized spacial score (nSPS) is 9.79. The van der Waals surface area contributed by atoms with Crippen LogP contribution in [0.5, 0.6) is 0 Å². The minimum atomic E-state index is 0.986. The van der Waals surface area contributed by atoms with Crippen molar-refractivity contribution < 1.29 is 0 Å². The standard InChI is InChI=1S/C11H14N2.C10H12N2.2C2H6/c1-3-6-13-8-12-10-5-4-9(2)7-11(10)13;1-3-12-7-11-9-5-4-8(2)6-10(9)12;2*1-2/h4-5,7-8H,3,6H2,1-2H3;4-7H,3H2,1-2H3;2*1-2H3. The highest BCUT2D eigenvalue weighted by atomic mass is 15.0. The van der Waals surface area contributed by atoms with Crippen molar-refractivity contribution in [3.05, 3.63) is 60.2 Å². The molecule has 2 heterocycles. The molecule has 0 saturated carbocycles. The van der Waals surface area contributed by atoms with Gasteiger partial charge in [-0.1, -0.05) is 46.8 Å². The molecule has 4 rings (SSSR count). The second-order valence-electron chi connectivity index (χ2n) is 6.45. The van der Waals surface area contributed by atoms with Crippen LogP contribution in [0.15, 0.2) is 49.1 Å². The van der Waals surface area contributed by atoms with E-state index in [4.69, 9.17) is 0 Å². The molecule has 2 aromatic carbocycles. The van der Waals surface area contributed by atoms with Crippen LogP contribution in [0, 0.1) is 13.8 Å². The number of imidazole rings is 2. The molecule has 0 aliphatic rings. The summed E-state index contributed by atoms with van der Waals surface area (Å²) in [5, 5.41) is 0. The number of benzene rings is 2. The summed E-state index contributed by atoms with van der Waals surface area (Å²) in [6.07, 6.45) is 4.97. The van der Waals surface area contributed by atoms with Crippen molar-refractivity contribution >= 4 is 22.1 Å². The van der Waals surface area contributed by atoms with Gasteiger partial charge in [0.25, 0.3) is 0 Å². The minimum absolute atomic E-state index is 0.986. The van der Waals surface area contributed by atoms with Gasteiger partial charge in [0.15, 0.2) is 0 Å². The second-order valence-corrected chi connectivity index (χ2v) is 6.45. The fraction of sp³-hybridized carbons (Fsp3) is 0.440. The first-order valence-corrected chi connectivity index (χ1v) is 10.9. The number of fused-ring (bicyclic) bond motifs is 2. The number of hydrogen-bond donors (Lipinski definition) is 0. The lowest BCUT2D eigenvalue weighted by Gasteiger charge is -2.01. The molecule has 29 heavy (non-hydrogen) atoms. The molecule has 4 heteroatoms. The van der Waals surface area contributed by atoms with Crippen molar-refractivity contribution in [3.63, 3.8) is 0 Å². The lowest BCUT2D eigenvalue weighted by molar-refractivity contribution is 0.697. The van der Waals surface area contributed by atoms with Crippen molar-refractivity contribution in [1.29, 1.82) is 0 Å². The van der Waals surface area contributed by atoms with Crippen LogP contribution in [0.2, 0.25) is 0 Å². The van der Waals surface area contributed by atoms with E-state index in [9.17, 15) is 0 Å². The summed E-state index contributed by atoms with van der Waals surface area (Å²) in [7, 11) is 0. The monoisotopic (exact) mass is 394 g/mol. The lowest BCUT2D eigenvalue weighted by atomic mass is 10.2. The Morgan fingerprint density at radius 1 is 0.690 bits per heavy atom. The fourth-order valence-electron chi connectivity index (χ4n) is 3.00. The molecule has 0 bridgehead atoms. The molecule has 0 amide bonds. The van der Waals surface area contributed by atoms with Crippen LogP contribution >= 0.6 is 0 Å². The molecular formula is C25H38N4. The number of aromatic nitrogens is 4. The summed E-state index contributed by atoms with van der Waals surface area (Å²) >= 11 is 0. The third kappa shape index (κ3) is 6.45. The Morgan fingerprint density at radius 3 is 1.59 bits per heavy atom. The van der Waals surface area contributed by atoms with Gasteiger partial charge in [0.1, 0.15) is 0 Å². The van der Waals surface area contributed by atoms with Gasteiger partial charge in [-0.2, -0.15) is 0 Å². The molecule has 0 unspecified atom stereocenters. The zero-order chi connectivity index (χ0) is 21.8. The maximum absolute atomic E-state index is 4.34. The van der Waals surface area contributed by atoms with Crippen LogP contribution in [-0.2, 0) is 13.1 Å². The number of rotatable bonds is 3. The van der Waals surface area contributed by atoms with Gasteiger partial charge in [0, 0.05) is 13.1 Å². The van der Waals surface area contributed by atoms with E-state index in [1.807, 2.05) is 40.3 Å². The van der Waals surface area contributed by atoms with Crippen molar-refractivity contribution in [2.24, 2.45) is 0 Å². The molecule has 0 fully saturated rings. The average molecular weight is 395 g/mol. The molecule has 0 aliphatic heterocycles. The summed E-state index contributed by atoms with van der Waals surface area (Å²) < 4.78 is 4.37. The van der Waals surface area contributed by atoms with Crippen LogP contribution in [0.1, 0.15) is 59.1 Å². The number of aryl methyl sites for hydroxylation is 4. The molecule has 4 nitrogen and oxygen atoms in total. The molecule has 0 spiro atoms. The first-order valence-electron chi connectivity index (χ1n) is 10.9. The van der Waals surface area contributed by atoms with Crippen molar-refractivity contribution in [3.8, 4) is 0 Å². The highest BCUT2D eigenvalue weighted by Gasteiger charge is 2.01. The third-order valence-electron chi connectivity index (χ3n) is 4.36. The average Bonchev–Trinajstić information content (AvgIpc) is 3.35. The largest absolute Gasteiger partial charge is 0.331 e. The fourth-order valence-corrected chi connectivity index (χ4v) is 3.00. The molecule has 0 N–H and O–H groups in total. The second kappa shape index (κ2) is 12.8. The molecule has 0 saturated heterocycles. The maximum atomic E-state index is 4.34. The quantitative estimate of drug-likeness (QED) is 0.369. The Morgan fingerprint density at radius 2 is 1.14 bits per heavy atom. The SMILES string of the molecule is CC.CC.CCCn1cnc2ccc(C)cc21.CCn1cnc2ccc(C)cc21. The Balaban J connectivity index is 0.000000248. The molecule has 0 atom stereocenters. The van der Waals surface area contributed by atoms with E-state index in [2.05, 4.69) is 83.2 Å². The zero-order valence-electron chi connectivity index (χ0n) is 19.5. The van der Waals surface area contributed by atoms with E-state index in [0.717, 1.165) is 30.5 Å². The van der Waals surface area contributed by atoms with E-state index in [-0.39, 0.29) is 0 Å². The van der Waals surface area contributed by atoms with Crippen LogP contribution in [-0.4, -0.2) is 19.1 Å². The maximum Gasteiger partial charge on any atom is 0.0958 e. The summed E-state index contributed by atoms with van der Waals surface area (Å²) in [5.74, 6) is 0. The van der Waals surface area contributed by atoms with Crippen molar-refractivity contribution in [2.75, 3.05) is 0 Å². The van der Waals surface area contributed by atoms with Crippen molar-refractivity contribution in [2.45, 2.75) is 74.9 Å². The van der Waals surface area contributed by atoms with Gasteiger partial charge in [0.05, 0.1) is 34.7 Å². The minimum Gasteiger partial charge on any atom is -0.331 e. The summed E-state index contributed by atoms with van der Waals surface area (Å²) in [6.45, 7) is 18.6. The smallest absolute Gasteiger partial charge is 0.0958 e. The van der Waals surface area contributed by atoms with Gasteiger partial charge in [0.2, 0.25) is 0 Å². The number of hydrogen-bond acceptors (Lipinski definition) is 2. The van der Waals surface area contributed by atoms with E-state index in [0.29, 0.717) is 0 Å². The topological polar surface area (TPSA) is 35.6 Å². The molecule has 2 aromatic heterocycles. The Labute approximate surface area is 176 Å². The number of nitrogens with zero attached hydrogens (tertiary/aromatic N) is 4. The zero-order valence-corrected chi connectivity index (χ0v) is 19.5. The van der Waals surface area contributed by atoms with E-state index in [1.165, 1.54) is 22.2 Å². The summed E-state index contributed by atoms with van der Waals surface area (Å²) in [4.78, 5) is 8.63. The first kappa shape index (κ1) is 24.4. The van der Waals surface area contributed by atoms with Crippen LogP contribution in [0.25, 0.3) is 22.1 Å². The van der Waals surface area contributed by atoms with E-state index in [1.54, 1.807) is 0 Å². The van der Waals surface area contributed by atoms with Gasteiger partial charge in [-0.05, 0) is 62.6 Å². The van der Waals surface area contributed by atoms with Crippen LogP contribution in [0.3, 0.4) is 0 Å². The van der Waals surface area contributed by atoms with Gasteiger partial charge in [-0.3, -0.25) is 0 Å². The highest BCUT2D eigenvalue weighted by Crippen LogP contribution is 2.15. The predicted molar refractivity (Wildman–Crippen MR) is 128 cm³/mol. The van der Waals surface area contributed by atoms with Gasteiger partial charge >= 0.3 is 0 Å². The Bertz CT molecular complexity index is 979. The Kier molecular flexibility index (Phi) is 10.7. The molecule has 158 valence electrons. The van der Waals surface area contributed by atoms with Crippen LogP contribution in [0.4, 0.5) is 0 Å². The summed E-state index contributed by atoms with van der Waals surface area (Å²) in [5.41, 5.74) is 7.25. The highest BCUT2D eigenvalue weighted by molar-refractivity contribution is 5.76. The van der Waals surface area contributed by atoms with Crippen molar-refractivity contribution in [1.82, 2.24) is 19.1 Å². The molecular weight excluding hydrogens is 356 g/mol. The van der Waals surface area contributed by atoms with Crippen LogP contribution < -0.4 is 0 Å². The van der Waals surface area contributed by atoms with E-state index >= 15 is 0 Å². The van der Waals surface area contributed by atoms with E-state index < -0.39 is 0 Å².